The number of hydrogen-bond acceptors (Lipinski definition) is 6. The summed E-state index contributed by atoms with van der Waals surface area (Å²) in [5, 5.41) is 2.95. The number of rotatable bonds is 15. The lowest BCUT2D eigenvalue weighted by atomic mass is 10.1. The first-order chi connectivity index (χ1) is 20.5. The Kier molecular flexibility index (Phi) is 9.53. The predicted molar refractivity (Wildman–Crippen MR) is 161 cm³/mol. The molecule has 1 aliphatic rings. The zero-order chi connectivity index (χ0) is 29.3. The molecule has 4 aromatic rings. The van der Waals surface area contributed by atoms with Gasteiger partial charge in [0.2, 0.25) is 12.3 Å². The number of aryl methyl sites for hydroxylation is 2. The first kappa shape index (κ1) is 28.9. The number of nitrogens with zero attached hydrogens (tertiary/aromatic N) is 3. The highest BCUT2D eigenvalue weighted by Gasteiger charge is 2.21. The molecule has 5 rings (SSSR count). The number of carbonyl (C=O) groups excluding carboxylic acids is 2. The van der Waals surface area contributed by atoms with E-state index in [0.717, 1.165) is 92.1 Å². The molecule has 0 spiro atoms. The van der Waals surface area contributed by atoms with Gasteiger partial charge in [-0.1, -0.05) is 6.92 Å². The van der Waals surface area contributed by atoms with Crippen molar-refractivity contribution in [3.63, 3.8) is 0 Å². The number of fused-ring (bicyclic) bond motifs is 2. The molecule has 10 heteroatoms. The summed E-state index contributed by atoms with van der Waals surface area (Å²) in [6.45, 7) is 3.45. The van der Waals surface area contributed by atoms with Gasteiger partial charge >= 0.3 is 0 Å². The summed E-state index contributed by atoms with van der Waals surface area (Å²) in [4.78, 5) is 39.8. The molecular formula is C32H38N6O4. The smallest absolute Gasteiger partial charge is 0.219 e. The van der Waals surface area contributed by atoms with Crippen molar-refractivity contribution in [2.45, 2.75) is 58.3 Å². The average molecular weight is 571 g/mol. The van der Waals surface area contributed by atoms with E-state index in [0.29, 0.717) is 36.0 Å². The van der Waals surface area contributed by atoms with Crippen molar-refractivity contribution in [3.8, 4) is 45.5 Å². The molecule has 1 aliphatic heterocycles. The Hall–Kier alpha value is -4.60. The van der Waals surface area contributed by atoms with Crippen LogP contribution in [-0.4, -0.2) is 57.3 Å². The van der Waals surface area contributed by atoms with Crippen molar-refractivity contribution >= 4 is 12.3 Å². The highest BCUT2D eigenvalue weighted by molar-refractivity contribution is 5.75. The van der Waals surface area contributed by atoms with Gasteiger partial charge in [-0.15, -0.1) is 0 Å². The molecule has 0 radical (unpaired) electrons. The Morgan fingerprint density at radius 2 is 1.43 bits per heavy atom. The number of imidazole rings is 2. The molecule has 220 valence electrons. The number of benzene rings is 2. The Balaban J connectivity index is 1.16. The third kappa shape index (κ3) is 7.37. The van der Waals surface area contributed by atoms with Gasteiger partial charge in [0.25, 0.3) is 0 Å². The van der Waals surface area contributed by atoms with E-state index in [1.807, 2.05) is 55.7 Å². The molecule has 0 saturated heterocycles. The Labute approximate surface area is 245 Å². The molecule has 10 nitrogen and oxygen atoms in total. The summed E-state index contributed by atoms with van der Waals surface area (Å²) in [5.41, 5.74) is 3.76. The van der Waals surface area contributed by atoms with E-state index in [1.54, 1.807) is 11.9 Å². The van der Waals surface area contributed by atoms with Crippen LogP contribution in [0, 0.1) is 0 Å². The van der Waals surface area contributed by atoms with Crippen LogP contribution in [0.3, 0.4) is 0 Å². The number of aromatic amines is 2. The number of amides is 2. The van der Waals surface area contributed by atoms with E-state index >= 15 is 0 Å². The molecule has 0 fully saturated rings. The van der Waals surface area contributed by atoms with E-state index in [9.17, 15) is 9.59 Å². The highest BCUT2D eigenvalue weighted by Crippen LogP contribution is 2.47. The lowest BCUT2D eigenvalue weighted by Crippen LogP contribution is -2.23. The van der Waals surface area contributed by atoms with Gasteiger partial charge in [0.05, 0.1) is 23.8 Å². The normalized spacial score (nSPS) is 11.7. The Bertz CT molecular complexity index is 1510. The second-order valence-electron chi connectivity index (χ2n) is 10.6. The van der Waals surface area contributed by atoms with Crippen molar-refractivity contribution in [3.05, 3.63) is 60.4 Å². The van der Waals surface area contributed by atoms with Crippen LogP contribution in [-0.2, 0) is 22.4 Å². The van der Waals surface area contributed by atoms with Gasteiger partial charge in [0, 0.05) is 50.5 Å². The first-order valence-corrected chi connectivity index (χ1v) is 14.7. The van der Waals surface area contributed by atoms with Crippen molar-refractivity contribution in [2.75, 3.05) is 20.1 Å². The Morgan fingerprint density at radius 3 is 1.98 bits per heavy atom. The number of hydrogen-bond donors (Lipinski definition) is 3. The highest BCUT2D eigenvalue weighted by atomic mass is 16.6. The summed E-state index contributed by atoms with van der Waals surface area (Å²) >= 11 is 0. The van der Waals surface area contributed by atoms with Crippen LogP contribution in [0.2, 0.25) is 0 Å². The van der Waals surface area contributed by atoms with Gasteiger partial charge in [-0.25, -0.2) is 9.97 Å². The molecule has 42 heavy (non-hydrogen) atoms. The fourth-order valence-corrected chi connectivity index (χ4v) is 4.86. The largest absolute Gasteiger partial charge is 0.449 e. The number of aromatic nitrogens is 4. The number of unbranched alkanes of at least 4 members (excludes halogenated alkanes) is 2. The SMILES string of the molecule is CCCC(=O)NCCCCc1ncc(-c2ccc3c(c2)Oc2ccc(-c4cnc(CCCCN(C)C=O)[nH]4)cc2O3)[nH]1. The van der Waals surface area contributed by atoms with Crippen LogP contribution in [0.5, 0.6) is 23.0 Å². The maximum atomic E-state index is 11.6. The van der Waals surface area contributed by atoms with Crippen LogP contribution < -0.4 is 14.8 Å². The zero-order valence-electron chi connectivity index (χ0n) is 24.2. The molecule has 2 aromatic carbocycles. The molecule has 2 amide bonds. The van der Waals surface area contributed by atoms with Gasteiger partial charge in [-0.05, 0) is 68.5 Å². The molecule has 3 heterocycles. The molecule has 3 N–H and O–H groups in total. The maximum Gasteiger partial charge on any atom is 0.219 e. The van der Waals surface area contributed by atoms with E-state index in [1.165, 1.54) is 0 Å². The summed E-state index contributed by atoms with van der Waals surface area (Å²) in [7, 11) is 1.79. The number of carbonyl (C=O) groups is 2. The van der Waals surface area contributed by atoms with Gasteiger partial charge < -0.3 is 29.7 Å². The minimum Gasteiger partial charge on any atom is -0.449 e. The lowest BCUT2D eigenvalue weighted by molar-refractivity contribution is -0.121. The average Bonchev–Trinajstić information content (AvgIpc) is 3.68. The van der Waals surface area contributed by atoms with Gasteiger partial charge in [-0.2, -0.15) is 0 Å². The first-order valence-electron chi connectivity index (χ1n) is 14.7. The van der Waals surface area contributed by atoms with E-state index in [-0.39, 0.29) is 5.91 Å². The van der Waals surface area contributed by atoms with Crippen LogP contribution in [0.15, 0.2) is 48.8 Å². The fourth-order valence-electron chi connectivity index (χ4n) is 4.86. The zero-order valence-corrected chi connectivity index (χ0v) is 24.2. The van der Waals surface area contributed by atoms with E-state index in [4.69, 9.17) is 9.47 Å². The number of H-pyrrole nitrogens is 2. The molecule has 0 unspecified atom stereocenters. The number of ether oxygens (including phenoxy) is 2. The van der Waals surface area contributed by atoms with E-state index < -0.39 is 0 Å². The predicted octanol–water partition coefficient (Wildman–Crippen LogP) is 6.01. The topological polar surface area (TPSA) is 125 Å². The standard InChI is InChI=1S/C32H38N6O4/c1-3-8-32(40)33-15-6-4-9-30-34-19-24(36-30)22-11-13-26-28(17-22)41-27-14-12-23(18-29(27)42-26)25-20-35-31(37-25)10-5-7-16-38(2)21-39/h11-14,17-21H,3-10,15-16H2,1-2H3,(H,33,40)(H,34,36)(H,35,37). The quantitative estimate of drug-likeness (QED) is 0.104. The van der Waals surface area contributed by atoms with Gasteiger partial charge in [0.15, 0.2) is 23.0 Å². The Morgan fingerprint density at radius 1 is 0.857 bits per heavy atom. The van der Waals surface area contributed by atoms with Crippen molar-refractivity contribution in [1.82, 2.24) is 30.2 Å². The van der Waals surface area contributed by atoms with Gasteiger partial charge in [0.1, 0.15) is 11.6 Å². The van der Waals surface area contributed by atoms with Crippen molar-refractivity contribution in [2.24, 2.45) is 0 Å². The van der Waals surface area contributed by atoms with Crippen molar-refractivity contribution in [1.29, 1.82) is 0 Å². The van der Waals surface area contributed by atoms with Crippen molar-refractivity contribution < 1.29 is 19.1 Å². The molecule has 2 aromatic heterocycles. The van der Waals surface area contributed by atoms with Crippen LogP contribution in [0.25, 0.3) is 22.5 Å². The lowest BCUT2D eigenvalue weighted by Gasteiger charge is -2.21. The van der Waals surface area contributed by atoms with Crippen LogP contribution in [0.4, 0.5) is 0 Å². The summed E-state index contributed by atoms with van der Waals surface area (Å²) < 4.78 is 12.4. The minimum atomic E-state index is 0.120. The summed E-state index contributed by atoms with van der Waals surface area (Å²) in [6.07, 6.45) is 11.4. The molecule has 0 aliphatic carbocycles. The monoisotopic (exact) mass is 570 g/mol. The molecular weight excluding hydrogens is 532 g/mol. The fraction of sp³-hybridized carbons (Fsp3) is 0.375. The maximum absolute atomic E-state index is 11.6. The molecule has 0 atom stereocenters. The second-order valence-corrected chi connectivity index (χ2v) is 10.6. The molecule has 0 saturated carbocycles. The minimum absolute atomic E-state index is 0.120. The second kappa shape index (κ2) is 13.8. The van der Waals surface area contributed by atoms with E-state index in [2.05, 4.69) is 25.3 Å². The van der Waals surface area contributed by atoms with Crippen LogP contribution in [0.1, 0.15) is 57.1 Å². The number of nitrogens with one attached hydrogen (secondary N) is 3. The third-order valence-electron chi connectivity index (χ3n) is 7.20. The summed E-state index contributed by atoms with van der Waals surface area (Å²) in [5.74, 6) is 4.56. The van der Waals surface area contributed by atoms with Gasteiger partial charge in [-0.3, -0.25) is 9.59 Å². The van der Waals surface area contributed by atoms with Crippen LogP contribution >= 0.6 is 0 Å². The third-order valence-corrected chi connectivity index (χ3v) is 7.20. The molecule has 0 bridgehead atoms. The summed E-state index contributed by atoms with van der Waals surface area (Å²) in [6, 6.07) is 11.7.